The predicted molar refractivity (Wildman–Crippen MR) is 54.4 cm³/mol. The van der Waals surface area contributed by atoms with E-state index in [1.54, 1.807) is 18.4 Å². The fourth-order valence-electron chi connectivity index (χ4n) is 0.851. The van der Waals surface area contributed by atoms with Gasteiger partial charge in [-0.25, -0.2) is 0 Å². The second-order valence-corrected chi connectivity index (χ2v) is 4.18. The molecule has 0 radical (unpaired) electrons. The minimum absolute atomic E-state index is 0.0438. The van der Waals surface area contributed by atoms with E-state index in [-0.39, 0.29) is 6.10 Å². The third-order valence-corrected chi connectivity index (χ3v) is 3.12. The highest BCUT2D eigenvalue weighted by Gasteiger charge is 2.10. The SMILES string of the molecule is COC(C)c1nnc(CCCCl)s1. The van der Waals surface area contributed by atoms with Crippen LogP contribution < -0.4 is 0 Å². The number of alkyl halides is 1. The van der Waals surface area contributed by atoms with Crippen molar-refractivity contribution in [3.8, 4) is 0 Å². The third kappa shape index (κ3) is 3.21. The van der Waals surface area contributed by atoms with Gasteiger partial charge in [0.1, 0.15) is 16.1 Å². The molecule has 0 spiro atoms. The average Bonchev–Trinajstić information content (AvgIpc) is 2.62. The molecule has 0 N–H and O–H groups in total. The van der Waals surface area contributed by atoms with Crippen LogP contribution in [-0.2, 0) is 11.2 Å². The lowest BCUT2D eigenvalue weighted by Gasteiger charge is -2.01. The van der Waals surface area contributed by atoms with E-state index in [1.165, 1.54) is 0 Å². The zero-order valence-electron chi connectivity index (χ0n) is 7.79. The van der Waals surface area contributed by atoms with Crippen LogP contribution in [0.1, 0.15) is 29.5 Å². The molecule has 1 rings (SSSR count). The Bertz CT molecular complexity index is 254. The first-order valence-corrected chi connectivity index (χ1v) is 5.54. The molecule has 1 aromatic heterocycles. The molecule has 3 nitrogen and oxygen atoms in total. The summed E-state index contributed by atoms with van der Waals surface area (Å²) in [4.78, 5) is 0. The van der Waals surface area contributed by atoms with Crippen LogP contribution in [-0.4, -0.2) is 23.2 Å². The molecule has 0 amide bonds. The first kappa shape index (κ1) is 10.9. The minimum atomic E-state index is 0.0438. The van der Waals surface area contributed by atoms with Crippen molar-refractivity contribution in [3.63, 3.8) is 0 Å². The summed E-state index contributed by atoms with van der Waals surface area (Å²) in [5, 5.41) is 10.1. The van der Waals surface area contributed by atoms with Crippen LogP contribution in [0.5, 0.6) is 0 Å². The van der Waals surface area contributed by atoms with Crippen molar-refractivity contribution >= 4 is 22.9 Å². The fourth-order valence-corrected chi connectivity index (χ4v) is 1.90. The largest absolute Gasteiger partial charge is 0.374 e. The molecule has 0 aromatic carbocycles. The number of nitrogens with zero attached hydrogens (tertiary/aromatic N) is 2. The summed E-state index contributed by atoms with van der Waals surface area (Å²) in [7, 11) is 1.67. The van der Waals surface area contributed by atoms with Crippen LogP contribution in [0.15, 0.2) is 0 Å². The van der Waals surface area contributed by atoms with E-state index in [9.17, 15) is 0 Å². The van der Waals surface area contributed by atoms with Gasteiger partial charge in [0.05, 0.1) is 0 Å². The van der Waals surface area contributed by atoms with E-state index < -0.39 is 0 Å². The van der Waals surface area contributed by atoms with Gasteiger partial charge in [-0.3, -0.25) is 0 Å². The summed E-state index contributed by atoms with van der Waals surface area (Å²) in [6.45, 7) is 1.96. The van der Waals surface area contributed by atoms with Gasteiger partial charge in [0.15, 0.2) is 0 Å². The molecule has 1 atom stereocenters. The smallest absolute Gasteiger partial charge is 0.146 e. The normalized spacial score (nSPS) is 13.2. The van der Waals surface area contributed by atoms with Crippen molar-refractivity contribution < 1.29 is 4.74 Å². The van der Waals surface area contributed by atoms with Gasteiger partial charge in [-0.1, -0.05) is 11.3 Å². The first-order chi connectivity index (χ1) is 6.27. The molecule has 0 aliphatic carbocycles. The lowest BCUT2D eigenvalue weighted by atomic mass is 10.4. The minimum Gasteiger partial charge on any atom is -0.374 e. The quantitative estimate of drug-likeness (QED) is 0.715. The zero-order chi connectivity index (χ0) is 9.68. The van der Waals surface area contributed by atoms with Crippen LogP contribution in [0.4, 0.5) is 0 Å². The van der Waals surface area contributed by atoms with Crippen molar-refractivity contribution in [1.82, 2.24) is 10.2 Å². The van der Waals surface area contributed by atoms with Crippen LogP contribution in [0.25, 0.3) is 0 Å². The van der Waals surface area contributed by atoms with Crippen molar-refractivity contribution in [2.45, 2.75) is 25.9 Å². The maximum atomic E-state index is 5.58. The number of halogens is 1. The summed E-state index contributed by atoms with van der Waals surface area (Å²) in [6, 6.07) is 0. The topological polar surface area (TPSA) is 35.0 Å². The average molecular weight is 221 g/mol. The standard InChI is InChI=1S/C8H13ClN2OS/c1-6(12-2)8-11-10-7(13-8)4-3-5-9/h6H,3-5H2,1-2H3. The number of hydrogen-bond acceptors (Lipinski definition) is 4. The highest BCUT2D eigenvalue weighted by molar-refractivity contribution is 7.11. The number of aromatic nitrogens is 2. The molecule has 1 unspecified atom stereocenters. The van der Waals surface area contributed by atoms with Gasteiger partial charge in [0.25, 0.3) is 0 Å². The van der Waals surface area contributed by atoms with Crippen molar-refractivity contribution in [3.05, 3.63) is 10.0 Å². The van der Waals surface area contributed by atoms with E-state index >= 15 is 0 Å². The van der Waals surface area contributed by atoms with Gasteiger partial charge in [0, 0.05) is 19.4 Å². The lowest BCUT2D eigenvalue weighted by molar-refractivity contribution is 0.118. The Balaban J connectivity index is 2.53. The Kier molecular flexibility index (Phi) is 4.62. The molecule has 5 heteroatoms. The number of aryl methyl sites for hydroxylation is 1. The van der Waals surface area contributed by atoms with Gasteiger partial charge < -0.3 is 4.74 Å². The highest BCUT2D eigenvalue weighted by Crippen LogP contribution is 2.20. The van der Waals surface area contributed by atoms with E-state index in [0.717, 1.165) is 22.9 Å². The van der Waals surface area contributed by atoms with Gasteiger partial charge in [-0.05, 0) is 13.3 Å². The monoisotopic (exact) mass is 220 g/mol. The lowest BCUT2D eigenvalue weighted by Crippen LogP contribution is -1.93. The van der Waals surface area contributed by atoms with Crippen molar-refractivity contribution in [1.29, 1.82) is 0 Å². The van der Waals surface area contributed by atoms with Gasteiger partial charge in [-0.2, -0.15) is 0 Å². The van der Waals surface area contributed by atoms with Crippen molar-refractivity contribution in [2.75, 3.05) is 13.0 Å². The van der Waals surface area contributed by atoms with Gasteiger partial charge >= 0.3 is 0 Å². The van der Waals surface area contributed by atoms with Crippen LogP contribution in [0.3, 0.4) is 0 Å². The molecule has 1 heterocycles. The van der Waals surface area contributed by atoms with E-state index in [1.807, 2.05) is 6.92 Å². The molecule has 0 aliphatic rings. The Morgan fingerprint density at radius 2 is 2.31 bits per heavy atom. The molecule has 0 saturated heterocycles. The van der Waals surface area contributed by atoms with Crippen LogP contribution in [0, 0.1) is 0 Å². The van der Waals surface area contributed by atoms with E-state index in [0.29, 0.717) is 5.88 Å². The summed E-state index contributed by atoms with van der Waals surface area (Å²) in [5.74, 6) is 0.675. The van der Waals surface area contributed by atoms with Crippen LogP contribution in [0.2, 0.25) is 0 Å². The summed E-state index contributed by atoms with van der Waals surface area (Å²) >= 11 is 7.18. The summed E-state index contributed by atoms with van der Waals surface area (Å²) in [5.41, 5.74) is 0. The van der Waals surface area contributed by atoms with Gasteiger partial charge in [-0.15, -0.1) is 21.8 Å². The molecule has 0 saturated carbocycles. The van der Waals surface area contributed by atoms with E-state index in [4.69, 9.17) is 16.3 Å². The maximum Gasteiger partial charge on any atom is 0.146 e. The number of rotatable bonds is 5. The Morgan fingerprint density at radius 1 is 1.54 bits per heavy atom. The second kappa shape index (κ2) is 5.52. The number of hydrogen-bond donors (Lipinski definition) is 0. The Morgan fingerprint density at radius 3 is 2.92 bits per heavy atom. The molecule has 1 aromatic rings. The summed E-state index contributed by atoms with van der Waals surface area (Å²) in [6.07, 6.45) is 1.91. The van der Waals surface area contributed by atoms with Gasteiger partial charge in [0.2, 0.25) is 0 Å². The molecule has 0 bridgehead atoms. The van der Waals surface area contributed by atoms with E-state index in [2.05, 4.69) is 10.2 Å². The summed E-state index contributed by atoms with van der Waals surface area (Å²) < 4.78 is 5.14. The molecule has 13 heavy (non-hydrogen) atoms. The highest BCUT2D eigenvalue weighted by atomic mass is 35.5. The Hall–Kier alpha value is -0.190. The molecule has 74 valence electrons. The number of methoxy groups -OCH3 is 1. The Labute approximate surface area is 87.1 Å². The second-order valence-electron chi connectivity index (χ2n) is 2.70. The number of ether oxygens (including phenoxy) is 1. The van der Waals surface area contributed by atoms with Crippen LogP contribution >= 0.6 is 22.9 Å². The predicted octanol–water partition coefficient (Wildman–Crippen LogP) is 2.42. The maximum absolute atomic E-state index is 5.58. The third-order valence-electron chi connectivity index (χ3n) is 1.71. The molecule has 0 aliphatic heterocycles. The molecular formula is C8H13ClN2OS. The first-order valence-electron chi connectivity index (χ1n) is 4.19. The fraction of sp³-hybridized carbons (Fsp3) is 0.750. The molecule has 0 fully saturated rings. The van der Waals surface area contributed by atoms with Crippen molar-refractivity contribution in [2.24, 2.45) is 0 Å². The zero-order valence-corrected chi connectivity index (χ0v) is 9.36. The molecular weight excluding hydrogens is 208 g/mol.